The molecule has 0 amide bonds. The zero-order valence-electron chi connectivity index (χ0n) is 54.0. The van der Waals surface area contributed by atoms with Gasteiger partial charge in [0.05, 0.1) is 16.6 Å². The molecule has 0 atom stereocenters. The summed E-state index contributed by atoms with van der Waals surface area (Å²) in [6.07, 6.45) is 20.1. The quantitative estimate of drug-likeness (QED) is 0.109. The van der Waals surface area contributed by atoms with Crippen molar-refractivity contribution in [3.8, 4) is 0 Å². The summed E-state index contributed by atoms with van der Waals surface area (Å²) in [6.45, 7) is 0. The van der Waals surface area contributed by atoms with Crippen LogP contribution in [0, 0.1) is 0 Å². The monoisotopic (exact) mass is 1260 g/mol. The van der Waals surface area contributed by atoms with Crippen LogP contribution in [0.5, 0.6) is 0 Å². The molecule has 0 unspecified atom stereocenters. The largest absolute Gasteiger partial charge is 0.265 e. The number of nitrogens with zero attached hydrogens (tertiary/aromatic N) is 8. The van der Waals surface area contributed by atoms with E-state index in [1.807, 2.05) is 109 Å². The van der Waals surface area contributed by atoms with E-state index in [0.717, 1.165) is 16.6 Å². The van der Waals surface area contributed by atoms with Gasteiger partial charge in [-0.1, -0.05) is 297 Å². The minimum absolute atomic E-state index is 0.949. The lowest BCUT2D eigenvalue weighted by atomic mass is 9.95. The van der Waals surface area contributed by atoms with Gasteiger partial charge in [0.25, 0.3) is 0 Å². The Bertz CT molecular complexity index is 4710. The van der Waals surface area contributed by atoms with Gasteiger partial charge in [0, 0.05) is 73.6 Å². The zero-order chi connectivity index (χ0) is 66.7. The predicted molar refractivity (Wildman–Crippen MR) is 413 cm³/mol. The Labute approximate surface area is 571 Å². The van der Waals surface area contributed by atoms with Crippen molar-refractivity contribution in [2.45, 2.75) is 0 Å². The van der Waals surface area contributed by atoms with E-state index in [1.165, 1.54) is 97.9 Å². The second kappa shape index (κ2) is 36.8. The molecule has 8 nitrogen and oxygen atoms in total. The zero-order valence-corrected chi connectivity index (χ0v) is 54.0. The van der Waals surface area contributed by atoms with Crippen molar-refractivity contribution in [2.24, 2.45) is 0 Å². The Morgan fingerprint density at radius 1 is 0.143 bits per heavy atom. The van der Waals surface area contributed by atoms with Crippen LogP contribution in [0.1, 0.15) is 0 Å². The summed E-state index contributed by atoms with van der Waals surface area (Å²) in [7, 11) is 0. The number of hydrogen-bond donors (Lipinski definition) is 0. The number of pyridine rings is 2. The van der Waals surface area contributed by atoms with Crippen LogP contribution in [0.15, 0.2) is 426 Å². The molecule has 0 radical (unpaired) electrons. The number of fused-ring (bicyclic) bond motifs is 8. The van der Waals surface area contributed by atoms with E-state index in [1.54, 1.807) is 68.0 Å². The van der Waals surface area contributed by atoms with Crippen molar-refractivity contribution in [1.82, 2.24) is 39.9 Å². The third kappa shape index (κ3) is 19.6. The summed E-state index contributed by atoms with van der Waals surface area (Å²) < 4.78 is 0. The highest BCUT2D eigenvalue weighted by atomic mass is 14.8. The van der Waals surface area contributed by atoms with Crippen molar-refractivity contribution >= 4 is 108 Å². The SMILES string of the molecule is c1cc2ccc3cccc4ccc(c1)c2c34.c1ccc2c(c1)ccc1ccccc12.c1ccc2cc3ccccc3cc2c1.c1ccc2ccccc2c1.c1ccc2ncccc2c1.c1ccc2nccnc2c1.c1ccccc1.c1ccncc1.c1cnccn1.c1cncnc1. The Hall–Kier alpha value is -13.3. The first-order chi connectivity index (χ1) is 48.7. The van der Waals surface area contributed by atoms with Gasteiger partial charge in [-0.25, -0.2) is 9.97 Å². The van der Waals surface area contributed by atoms with Crippen molar-refractivity contribution < 1.29 is 0 Å². The molecule has 20 aromatic rings. The molecule has 0 saturated carbocycles. The fourth-order valence-electron chi connectivity index (χ4n) is 10.8. The summed E-state index contributed by atoms with van der Waals surface area (Å²) in [6, 6.07) is 121. The highest BCUT2D eigenvalue weighted by Crippen LogP contribution is 2.34. The van der Waals surface area contributed by atoms with E-state index in [2.05, 4.69) is 283 Å². The number of rotatable bonds is 0. The summed E-state index contributed by atoms with van der Waals surface area (Å²) in [5.41, 5.74) is 2.96. The normalized spacial score (nSPS) is 10.0. The summed E-state index contributed by atoms with van der Waals surface area (Å²) in [5.74, 6) is 0. The predicted octanol–water partition coefficient (Wildman–Crippen LogP) is 23.0. The highest BCUT2D eigenvalue weighted by Gasteiger charge is 2.06. The Kier molecular flexibility index (Phi) is 24.9. The number of aromatic nitrogens is 8. The van der Waals surface area contributed by atoms with Crippen LogP contribution in [0.3, 0.4) is 0 Å². The molecule has 0 aliphatic heterocycles. The first-order valence-corrected chi connectivity index (χ1v) is 32.2. The number of benzene rings is 15. The molecule has 8 heteroatoms. The second-order valence-corrected chi connectivity index (χ2v) is 21.9. The Balaban J connectivity index is 0.000000112. The smallest absolute Gasteiger partial charge is 0.115 e. The van der Waals surface area contributed by atoms with E-state index in [9.17, 15) is 0 Å². The standard InChI is InChI=1S/C16H10.2C14H10.C10H8.C9H7N.C8H6N2.C6H6.C5H5N.2C4H4N2/c1-3-11-7-9-13-5-2-6-14-10-8-12(4-1)15(11)16(13)14;1-3-7-13-11(5-1)9-10-12-6-2-4-8-14(12)13;1-2-6-12-10-14-8-4-3-7-13(14)9-11(12)5-1;1-2-6-10-8-4-3-7-9(10)5-1;1-2-6-9-8(4-1)5-3-7-10-9;1-2-4-8-7(3-1)9-5-6-10-8;2*1-2-4-6-5-3-1;1-2-6-4-3-5-1;1-2-5-4-6-3-1/h1-10H;2*1-10H;1-8H;1-7H;1-6H;1-6H;1-5H;2*1-4H. The fraction of sp³-hybridized carbons (Fsp3) is 0. The maximum Gasteiger partial charge on any atom is 0.115 e. The van der Waals surface area contributed by atoms with Gasteiger partial charge >= 0.3 is 0 Å². The van der Waals surface area contributed by atoms with Crippen LogP contribution in [-0.4, -0.2) is 39.9 Å². The molecule has 470 valence electrons. The minimum atomic E-state index is 0.949. The molecule has 0 aliphatic carbocycles. The lowest BCUT2D eigenvalue weighted by molar-refractivity contribution is 1.17. The molecular weight excluding hydrogens is 1190 g/mol. The summed E-state index contributed by atoms with van der Waals surface area (Å²) >= 11 is 0. The Morgan fingerprint density at radius 2 is 0.429 bits per heavy atom. The molecule has 0 fully saturated rings. The molecule has 0 spiro atoms. The van der Waals surface area contributed by atoms with Crippen molar-refractivity contribution in [3.63, 3.8) is 0 Å². The van der Waals surface area contributed by atoms with Gasteiger partial charge in [0.2, 0.25) is 0 Å². The highest BCUT2D eigenvalue weighted by molar-refractivity contribution is 6.23. The second-order valence-electron chi connectivity index (χ2n) is 21.9. The van der Waals surface area contributed by atoms with Crippen LogP contribution in [0.4, 0.5) is 0 Å². The van der Waals surface area contributed by atoms with Gasteiger partial charge in [0.15, 0.2) is 0 Å². The lowest BCUT2D eigenvalue weighted by Crippen LogP contribution is -1.82. The molecule has 20 rings (SSSR count). The van der Waals surface area contributed by atoms with Crippen LogP contribution in [-0.2, 0) is 0 Å². The summed E-state index contributed by atoms with van der Waals surface area (Å²) in [4.78, 5) is 31.0. The average molecular weight is 1260 g/mol. The fourth-order valence-corrected chi connectivity index (χ4v) is 10.8. The molecule has 0 saturated heterocycles. The maximum atomic E-state index is 4.18. The van der Waals surface area contributed by atoms with Gasteiger partial charge < -0.3 is 0 Å². The number of hydrogen-bond acceptors (Lipinski definition) is 8. The third-order valence-corrected chi connectivity index (χ3v) is 15.4. The molecule has 0 bridgehead atoms. The molecule has 98 heavy (non-hydrogen) atoms. The van der Waals surface area contributed by atoms with E-state index >= 15 is 0 Å². The van der Waals surface area contributed by atoms with Gasteiger partial charge in [-0.15, -0.1) is 0 Å². The van der Waals surface area contributed by atoms with Crippen LogP contribution < -0.4 is 0 Å². The van der Waals surface area contributed by atoms with Crippen LogP contribution in [0.25, 0.3) is 108 Å². The van der Waals surface area contributed by atoms with E-state index in [4.69, 9.17) is 0 Å². The van der Waals surface area contributed by atoms with E-state index in [-0.39, 0.29) is 0 Å². The van der Waals surface area contributed by atoms with Crippen LogP contribution in [0.2, 0.25) is 0 Å². The molecular formula is C90H70N8. The summed E-state index contributed by atoms with van der Waals surface area (Å²) in [5, 5.41) is 22.5. The first-order valence-electron chi connectivity index (χ1n) is 32.2. The van der Waals surface area contributed by atoms with Gasteiger partial charge in [-0.3, -0.25) is 29.9 Å². The Morgan fingerprint density at radius 3 is 0.765 bits per heavy atom. The van der Waals surface area contributed by atoms with Crippen molar-refractivity contribution in [1.29, 1.82) is 0 Å². The number of para-hydroxylation sites is 3. The molecule has 5 heterocycles. The van der Waals surface area contributed by atoms with Gasteiger partial charge in [-0.2, -0.15) is 0 Å². The topological polar surface area (TPSA) is 103 Å². The molecule has 15 aromatic carbocycles. The van der Waals surface area contributed by atoms with E-state index < -0.39 is 0 Å². The van der Waals surface area contributed by atoms with Crippen molar-refractivity contribution in [3.05, 3.63) is 426 Å². The average Bonchev–Trinajstić information content (AvgIpc) is 0.763. The molecule has 0 N–H and O–H groups in total. The van der Waals surface area contributed by atoms with Gasteiger partial charge in [-0.05, 0) is 141 Å². The van der Waals surface area contributed by atoms with Gasteiger partial charge in [0.1, 0.15) is 6.33 Å². The van der Waals surface area contributed by atoms with Crippen LogP contribution >= 0.6 is 0 Å². The molecule has 0 aliphatic rings. The van der Waals surface area contributed by atoms with E-state index in [0.29, 0.717) is 0 Å². The third-order valence-electron chi connectivity index (χ3n) is 15.4. The first kappa shape index (κ1) is 66.2. The van der Waals surface area contributed by atoms with Crippen molar-refractivity contribution in [2.75, 3.05) is 0 Å². The minimum Gasteiger partial charge on any atom is -0.265 e. The molecule has 5 aromatic heterocycles. The maximum absolute atomic E-state index is 4.18. The lowest BCUT2D eigenvalue weighted by Gasteiger charge is -2.09.